The largest absolute Gasteiger partial charge is 0.272 e. The summed E-state index contributed by atoms with van der Waals surface area (Å²) in [5.74, 6) is 0.668. The fourth-order valence-corrected chi connectivity index (χ4v) is 7.82. The van der Waals surface area contributed by atoms with Crippen LogP contribution in [0.1, 0.15) is 12.5 Å². The SMILES string of the molecule is C=N/C=C(\C=C/C)c1cccc(-c2cc(-c3ccccc3)nc(-c3cccc(-c4c5ccccc5c(-c5cccc6ccccc56)c5ccccc45)c3)n2)c1. The van der Waals surface area contributed by atoms with Crippen molar-refractivity contribution in [1.29, 1.82) is 0 Å². The Kier molecular flexibility index (Phi) is 8.95. The van der Waals surface area contributed by atoms with Crippen molar-refractivity contribution in [2.45, 2.75) is 6.92 Å². The maximum Gasteiger partial charge on any atom is 0.160 e. The molecule has 9 rings (SSSR count). The quantitative estimate of drug-likeness (QED) is 0.0897. The van der Waals surface area contributed by atoms with Crippen LogP contribution in [0.15, 0.2) is 199 Å². The van der Waals surface area contributed by atoms with Crippen LogP contribution in [0.4, 0.5) is 0 Å². The highest BCUT2D eigenvalue weighted by Gasteiger charge is 2.19. The first-order chi connectivity index (χ1) is 27.2. The van der Waals surface area contributed by atoms with Gasteiger partial charge in [-0.3, -0.25) is 4.99 Å². The number of aromatic nitrogens is 2. The van der Waals surface area contributed by atoms with Crippen LogP contribution in [0.3, 0.4) is 0 Å². The maximum atomic E-state index is 5.25. The molecule has 260 valence electrons. The molecule has 0 fully saturated rings. The second kappa shape index (κ2) is 14.7. The lowest BCUT2D eigenvalue weighted by atomic mass is 9.84. The van der Waals surface area contributed by atoms with Gasteiger partial charge in [-0.15, -0.1) is 0 Å². The van der Waals surface area contributed by atoms with Gasteiger partial charge in [-0.05, 0) is 97.5 Å². The van der Waals surface area contributed by atoms with Crippen molar-refractivity contribution in [3.8, 4) is 56.2 Å². The molecule has 0 amide bonds. The molecule has 8 aromatic carbocycles. The summed E-state index contributed by atoms with van der Waals surface area (Å²) in [7, 11) is 0. The van der Waals surface area contributed by atoms with Crippen LogP contribution in [0.5, 0.6) is 0 Å². The molecule has 0 saturated heterocycles. The minimum absolute atomic E-state index is 0.668. The summed E-state index contributed by atoms with van der Waals surface area (Å²) in [6.07, 6.45) is 5.84. The predicted octanol–water partition coefficient (Wildman–Crippen LogP) is 13.9. The fourth-order valence-electron chi connectivity index (χ4n) is 7.82. The summed E-state index contributed by atoms with van der Waals surface area (Å²) >= 11 is 0. The van der Waals surface area contributed by atoms with Gasteiger partial charge < -0.3 is 0 Å². The maximum absolute atomic E-state index is 5.25. The molecule has 3 nitrogen and oxygen atoms in total. The summed E-state index contributed by atoms with van der Waals surface area (Å²) in [5, 5.41) is 7.34. The van der Waals surface area contributed by atoms with Gasteiger partial charge in [0.05, 0.1) is 11.4 Å². The summed E-state index contributed by atoms with van der Waals surface area (Å²) < 4.78 is 0. The molecule has 0 aliphatic rings. The molecule has 1 heterocycles. The first-order valence-electron chi connectivity index (χ1n) is 18.6. The third-order valence-corrected chi connectivity index (χ3v) is 10.3. The van der Waals surface area contributed by atoms with Gasteiger partial charge in [0.15, 0.2) is 5.82 Å². The van der Waals surface area contributed by atoms with Crippen LogP contribution < -0.4 is 0 Å². The van der Waals surface area contributed by atoms with Crippen LogP contribution in [0, 0.1) is 0 Å². The fraction of sp³-hybridized carbons (Fsp3) is 0.0192. The van der Waals surface area contributed by atoms with E-state index < -0.39 is 0 Å². The lowest BCUT2D eigenvalue weighted by Crippen LogP contribution is -1.97. The zero-order valence-electron chi connectivity index (χ0n) is 30.5. The molecule has 0 radical (unpaired) electrons. The molecule has 0 spiro atoms. The standard InChI is InChI=1S/C52H37N3/c1-3-16-41(34-53-2)37-21-13-22-38(31-37)49-33-48(36-18-5-4-6-19-36)54-52(55-49)40-24-14-23-39(32-40)50-44-26-9-11-28-46(44)51(47-29-12-10-27-45(47)50)43-30-15-20-35-17-7-8-25-42(35)43/h3-34H,2H2,1H3/b16-3-,41-34+. The number of benzene rings is 8. The molecule has 0 N–H and O–H groups in total. The lowest BCUT2D eigenvalue weighted by Gasteiger charge is -2.19. The normalized spacial score (nSPS) is 11.8. The van der Waals surface area contributed by atoms with E-state index >= 15 is 0 Å². The van der Waals surface area contributed by atoms with Crippen molar-refractivity contribution >= 4 is 44.6 Å². The minimum Gasteiger partial charge on any atom is -0.272 e. The van der Waals surface area contributed by atoms with Crippen molar-refractivity contribution < 1.29 is 0 Å². The topological polar surface area (TPSA) is 38.1 Å². The number of allylic oxidation sites excluding steroid dienone is 3. The van der Waals surface area contributed by atoms with E-state index in [1.165, 1.54) is 49.0 Å². The molecule has 55 heavy (non-hydrogen) atoms. The Morgan fingerprint density at radius 2 is 1.04 bits per heavy atom. The van der Waals surface area contributed by atoms with E-state index in [-0.39, 0.29) is 0 Å². The number of hydrogen-bond acceptors (Lipinski definition) is 3. The van der Waals surface area contributed by atoms with Gasteiger partial charge in [0.2, 0.25) is 0 Å². The Morgan fingerprint density at radius 3 is 1.75 bits per heavy atom. The average Bonchev–Trinajstić information content (AvgIpc) is 3.25. The van der Waals surface area contributed by atoms with Crippen LogP contribution in [0.25, 0.3) is 94.0 Å². The number of rotatable bonds is 8. The van der Waals surface area contributed by atoms with Crippen molar-refractivity contribution in [2.24, 2.45) is 4.99 Å². The molecule has 0 saturated carbocycles. The van der Waals surface area contributed by atoms with E-state index in [0.717, 1.165) is 44.8 Å². The van der Waals surface area contributed by atoms with Gasteiger partial charge in [0.1, 0.15) is 0 Å². The number of fused-ring (bicyclic) bond motifs is 3. The van der Waals surface area contributed by atoms with Gasteiger partial charge in [-0.25, -0.2) is 9.97 Å². The monoisotopic (exact) mass is 703 g/mol. The second-order valence-corrected chi connectivity index (χ2v) is 13.6. The molecule has 0 atom stereocenters. The van der Waals surface area contributed by atoms with E-state index in [1.807, 2.05) is 37.3 Å². The van der Waals surface area contributed by atoms with Gasteiger partial charge in [-0.1, -0.05) is 170 Å². The molecule has 0 aliphatic carbocycles. The van der Waals surface area contributed by atoms with E-state index in [9.17, 15) is 0 Å². The van der Waals surface area contributed by atoms with E-state index in [1.54, 1.807) is 6.20 Å². The van der Waals surface area contributed by atoms with Crippen molar-refractivity contribution in [3.05, 3.63) is 200 Å². The Balaban J connectivity index is 1.25. The van der Waals surface area contributed by atoms with Crippen molar-refractivity contribution in [3.63, 3.8) is 0 Å². The summed E-state index contributed by atoms with van der Waals surface area (Å²) in [6, 6.07) is 62.4. The summed E-state index contributed by atoms with van der Waals surface area (Å²) in [4.78, 5) is 14.5. The second-order valence-electron chi connectivity index (χ2n) is 13.6. The Bertz CT molecular complexity index is 2890. The molecule has 0 bridgehead atoms. The molecule has 1 aromatic heterocycles. The number of aliphatic imine (C=N–C) groups is 1. The Morgan fingerprint density at radius 1 is 0.491 bits per heavy atom. The Hall–Kier alpha value is -7.23. The third kappa shape index (κ3) is 6.32. The van der Waals surface area contributed by atoms with E-state index in [0.29, 0.717) is 5.82 Å². The molecule has 0 aliphatic heterocycles. The van der Waals surface area contributed by atoms with Crippen LogP contribution >= 0.6 is 0 Å². The first kappa shape index (κ1) is 33.6. The predicted molar refractivity (Wildman–Crippen MR) is 234 cm³/mol. The van der Waals surface area contributed by atoms with Crippen LogP contribution in [-0.2, 0) is 0 Å². The van der Waals surface area contributed by atoms with Gasteiger partial charge in [0.25, 0.3) is 0 Å². The van der Waals surface area contributed by atoms with Gasteiger partial charge in [-0.2, -0.15) is 0 Å². The summed E-state index contributed by atoms with van der Waals surface area (Å²) in [6.45, 7) is 5.69. The smallest absolute Gasteiger partial charge is 0.160 e. The van der Waals surface area contributed by atoms with Gasteiger partial charge >= 0.3 is 0 Å². The molecular weight excluding hydrogens is 667 g/mol. The third-order valence-electron chi connectivity index (χ3n) is 10.3. The van der Waals surface area contributed by atoms with Gasteiger partial charge in [0, 0.05) is 22.9 Å². The number of hydrogen-bond donors (Lipinski definition) is 0. The zero-order chi connectivity index (χ0) is 37.1. The highest BCUT2D eigenvalue weighted by atomic mass is 14.9. The number of nitrogens with zero attached hydrogens (tertiary/aromatic N) is 3. The molecular formula is C52H37N3. The average molecular weight is 704 g/mol. The van der Waals surface area contributed by atoms with Crippen LogP contribution in [-0.4, -0.2) is 16.7 Å². The summed E-state index contributed by atoms with van der Waals surface area (Å²) in [5.41, 5.74) is 11.5. The first-order valence-corrected chi connectivity index (χ1v) is 18.6. The molecule has 0 unspecified atom stereocenters. The lowest BCUT2D eigenvalue weighted by molar-refractivity contribution is 1.18. The highest BCUT2D eigenvalue weighted by Crippen LogP contribution is 2.45. The van der Waals surface area contributed by atoms with E-state index in [4.69, 9.17) is 9.97 Å². The van der Waals surface area contributed by atoms with Crippen LogP contribution in [0.2, 0.25) is 0 Å². The van der Waals surface area contributed by atoms with Crippen molar-refractivity contribution in [1.82, 2.24) is 9.97 Å². The zero-order valence-corrected chi connectivity index (χ0v) is 30.5. The molecule has 9 aromatic rings. The van der Waals surface area contributed by atoms with E-state index in [2.05, 4.69) is 169 Å². The molecule has 3 heteroatoms. The Labute approximate surface area is 321 Å². The minimum atomic E-state index is 0.668. The highest BCUT2D eigenvalue weighted by molar-refractivity contribution is 6.23. The van der Waals surface area contributed by atoms with Crippen molar-refractivity contribution in [2.75, 3.05) is 0 Å².